The van der Waals surface area contributed by atoms with Crippen molar-refractivity contribution in [1.29, 1.82) is 0 Å². The van der Waals surface area contributed by atoms with Crippen LogP contribution in [0.4, 0.5) is 15.9 Å². The molecule has 0 spiro atoms. The number of aryl methyl sites for hydroxylation is 1. The summed E-state index contributed by atoms with van der Waals surface area (Å²) in [7, 11) is -0.720. The third-order valence-corrected chi connectivity index (χ3v) is 5.77. The molecule has 2 N–H and O–H groups in total. The van der Waals surface area contributed by atoms with E-state index in [0.29, 0.717) is 18.8 Å². The summed E-state index contributed by atoms with van der Waals surface area (Å²) < 4.78 is 41.6. The molecule has 26 heavy (non-hydrogen) atoms. The number of hydrogen-bond donors (Lipinski definition) is 2. The molecular weight excluding hydrogens is 361 g/mol. The highest BCUT2D eigenvalue weighted by Gasteiger charge is 2.31. The van der Waals surface area contributed by atoms with E-state index in [1.54, 1.807) is 28.9 Å². The Bertz CT molecular complexity index is 928. The molecule has 140 valence electrons. The molecule has 0 bridgehead atoms. The summed E-state index contributed by atoms with van der Waals surface area (Å²) in [4.78, 5) is 14.2. The van der Waals surface area contributed by atoms with Crippen molar-refractivity contribution in [3.8, 4) is 0 Å². The number of nitrogens with one attached hydrogen (secondary N) is 2. The molecular formula is C16H20FN5O3S. The van der Waals surface area contributed by atoms with Gasteiger partial charge in [-0.25, -0.2) is 17.5 Å². The Kier molecular flexibility index (Phi) is 4.97. The zero-order chi connectivity index (χ0) is 18.9. The summed E-state index contributed by atoms with van der Waals surface area (Å²) in [5.74, 6) is -0.226. The highest BCUT2D eigenvalue weighted by atomic mass is 32.2. The van der Waals surface area contributed by atoms with E-state index >= 15 is 0 Å². The highest BCUT2D eigenvalue weighted by Crippen LogP contribution is 2.25. The number of carbonyl (C=O) groups is 1. The number of sulfonamides is 1. The lowest BCUT2D eigenvalue weighted by Gasteiger charge is -2.32. The van der Waals surface area contributed by atoms with E-state index < -0.39 is 21.9 Å². The molecule has 1 aliphatic rings. The number of hydrogen-bond acceptors (Lipinski definition) is 5. The van der Waals surface area contributed by atoms with Crippen LogP contribution in [0.15, 0.2) is 35.4 Å². The van der Waals surface area contributed by atoms with Crippen LogP contribution < -0.4 is 14.9 Å². The van der Waals surface area contributed by atoms with Crippen molar-refractivity contribution in [3.05, 3.63) is 36.3 Å². The van der Waals surface area contributed by atoms with Gasteiger partial charge in [-0.2, -0.15) is 5.10 Å². The lowest BCUT2D eigenvalue weighted by Crippen LogP contribution is -2.48. The summed E-state index contributed by atoms with van der Waals surface area (Å²) in [6.45, 7) is 0.568. The zero-order valence-electron chi connectivity index (χ0n) is 14.4. The predicted molar refractivity (Wildman–Crippen MR) is 94.9 cm³/mol. The molecule has 2 heterocycles. The summed E-state index contributed by atoms with van der Waals surface area (Å²) >= 11 is 0. The first-order chi connectivity index (χ1) is 12.3. The van der Waals surface area contributed by atoms with Crippen molar-refractivity contribution >= 4 is 27.4 Å². The molecule has 1 aliphatic heterocycles. The molecule has 0 aliphatic carbocycles. The molecule has 1 aromatic carbocycles. The van der Waals surface area contributed by atoms with E-state index in [4.69, 9.17) is 0 Å². The van der Waals surface area contributed by atoms with Gasteiger partial charge in [0.2, 0.25) is 10.0 Å². The number of carbonyl (C=O) groups excluding carboxylic acids is 1. The third-order valence-electron chi connectivity index (χ3n) is 4.36. The molecule has 1 atom stereocenters. The van der Waals surface area contributed by atoms with E-state index in [9.17, 15) is 17.6 Å². The summed E-state index contributed by atoms with van der Waals surface area (Å²) in [6.07, 6.45) is 2.92. The molecule has 3 rings (SSSR count). The van der Waals surface area contributed by atoms with E-state index in [0.717, 1.165) is 12.5 Å². The fourth-order valence-electron chi connectivity index (χ4n) is 2.95. The van der Waals surface area contributed by atoms with Crippen LogP contribution in [0.1, 0.15) is 12.8 Å². The van der Waals surface area contributed by atoms with E-state index in [-0.39, 0.29) is 16.5 Å². The van der Waals surface area contributed by atoms with Gasteiger partial charge in [0, 0.05) is 19.7 Å². The largest absolute Gasteiger partial charge is 0.371 e. The van der Waals surface area contributed by atoms with E-state index in [1.807, 2.05) is 0 Å². The first-order valence-electron chi connectivity index (χ1n) is 8.12. The van der Waals surface area contributed by atoms with Crippen LogP contribution in [0, 0.1) is 5.82 Å². The minimum absolute atomic E-state index is 0.0882. The number of nitrogens with zero attached hydrogens (tertiary/aromatic N) is 3. The van der Waals surface area contributed by atoms with E-state index in [2.05, 4.69) is 15.1 Å². The summed E-state index contributed by atoms with van der Waals surface area (Å²) in [5.41, 5.74) is 0.0882. The second-order valence-electron chi connectivity index (χ2n) is 5.99. The van der Waals surface area contributed by atoms with Gasteiger partial charge >= 0.3 is 0 Å². The number of anilines is 2. The Morgan fingerprint density at radius 2 is 2.08 bits per heavy atom. The average Bonchev–Trinajstić information content (AvgIpc) is 3.04. The molecule has 2 aromatic rings. The summed E-state index contributed by atoms with van der Waals surface area (Å²) in [5, 5.41) is 6.97. The molecule has 1 unspecified atom stereocenters. The molecule has 0 saturated carbocycles. The second kappa shape index (κ2) is 7.04. The van der Waals surface area contributed by atoms with Gasteiger partial charge in [-0.05, 0) is 38.1 Å². The molecule has 0 radical (unpaired) electrons. The normalized spacial score (nSPS) is 18.2. The molecule has 1 aromatic heterocycles. The highest BCUT2D eigenvalue weighted by molar-refractivity contribution is 7.89. The first kappa shape index (κ1) is 18.3. The van der Waals surface area contributed by atoms with Crippen LogP contribution in [0.25, 0.3) is 0 Å². The van der Waals surface area contributed by atoms with Gasteiger partial charge in [0.15, 0.2) is 0 Å². The Hall–Kier alpha value is -2.46. The van der Waals surface area contributed by atoms with Crippen molar-refractivity contribution in [1.82, 2.24) is 14.5 Å². The van der Waals surface area contributed by atoms with Crippen LogP contribution >= 0.6 is 0 Å². The van der Waals surface area contributed by atoms with Gasteiger partial charge in [0.25, 0.3) is 5.91 Å². The Labute approximate surface area is 151 Å². The van der Waals surface area contributed by atoms with Crippen LogP contribution in [0.2, 0.25) is 0 Å². The number of rotatable bonds is 5. The molecule has 1 saturated heterocycles. The smallest absolute Gasteiger partial charge is 0.250 e. The number of amides is 1. The lowest BCUT2D eigenvalue weighted by molar-refractivity contribution is -0.120. The van der Waals surface area contributed by atoms with Gasteiger partial charge in [0.1, 0.15) is 17.7 Å². The lowest BCUT2D eigenvalue weighted by atomic mass is 10.0. The minimum atomic E-state index is -3.73. The monoisotopic (exact) mass is 381 g/mol. The maximum Gasteiger partial charge on any atom is 0.250 e. The average molecular weight is 381 g/mol. The van der Waals surface area contributed by atoms with Gasteiger partial charge in [-0.15, -0.1) is 0 Å². The van der Waals surface area contributed by atoms with Crippen LogP contribution in [-0.2, 0) is 21.9 Å². The second-order valence-corrected chi connectivity index (χ2v) is 7.88. The number of aromatic nitrogens is 2. The number of halogens is 1. The quantitative estimate of drug-likeness (QED) is 0.808. The number of benzene rings is 1. The molecule has 1 amide bonds. The van der Waals surface area contributed by atoms with Gasteiger partial charge in [-0.3, -0.25) is 14.4 Å². The molecule has 1 fully saturated rings. The zero-order valence-corrected chi connectivity index (χ0v) is 15.3. The Morgan fingerprint density at radius 1 is 1.31 bits per heavy atom. The van der Waals surface area contributed by atoms with Crippen LogP contribution in [0.3, 0.4) is 0 Å². The maximum atomic E-state index is 14.3. The first-order valence-corrected chi connectivity index (χ1v) is 9.61. The van der Waals surface area contributed by atoms with Gasteiger partial charge < -0.3 is 5.32 Å². The van der Waals surface area contributed by atoms with Crippen molar-refractivity contribution < 1.29 is 17.6 Å². The van der Waals surface area contributed by atoms with Gasteiger partial charge in [0.05, 0.1) is 16.8 Å². The van der Waals surface area contributed by atoms with Crippen LogP contribution in [0.5, 0.6) is 0 Å². The minimum Gasteiger partial charge on any atom is -0.371 e. The van der Waals surface area contributed by atoms with Crippen molar-refractivity contribution in [2.45, 2.75) is 23.8 Å². The summed E-state index contributed by atoms with van der Waals surface area (Å²) in [6, 6.07) is 4.71. The fraction of sp³-hybridized carbons (Fsp3) is 0.375. The number of piperidine rings is 1. The Balaban J connectivity index is 1.80. The Morgan fingerprint density at radius 3 is 2.69 bits per heavy atom. The molecule has 8 nitrogen and oxygen atoms in total. The third kappa shape index (κ3) is 3.42. The fourth-order valence-corrected chi connectivity index (χ4v) is 3.70. The standard InChI is InChI=1S/C16H20FN5O3S/c1-18-26(24,25)11-5-6-13(12(17)10-11)20-14-4-3-9-22(16(14)23)15-7-8-19-21(15)2/h5-8,10,14,18,20H,3-4,9H2,1-2H3. The van der Waals surface area contributed by atoms with E-state index in [1.165, 1.54) is 19.2 Å². The van der Waals surface area contributed by atoms with Crippen molar-refractivity contribution in [2.75, 3.05) is 23.8 Å². The predicted octanol–water partition coefficient (Wildman–Crippen LogP) is 1.07. The topological polar surface area (TPSA) is 96.3 Å². The van der Waals surface area contributed by atoms with Gasteiger partial charge in [-0.1, -0.05) is 0 Å². The maximum absolute atomic E-state index is 14.3. The van der Waals surface area contributed by atoms with Crippen LogP contribution in [-0.4, -0.2) is 43.7 Å². The van der Waals surface area contributed by atoms with Crippen molar-refractivity contribution in [3.63, 3.8) is 0 Å². The molecule has 10 heteroatoms. The SMILES string of the molecule is CNS(=O)(=O)c1ccc(NC2CCCN(c3ccnn3C)C2=O)c(F)c1. The van der Waals surface area contributed by atoms with Crippen molar-refractivity contribution in [2.24, 2.45) is 7.05 Å².